The molecule has 3 unspecified atom stereocenters. The lowest BCUT2D eigenvalue weighted by Crippen LogP contribution is -2.33. The van der Waals surface area contributed by atoms with Crippen molar-refractivity contribution in [2.24, 2.45) is 17.8 Å². The third-order valence-electron chi connectivity index (χ3n) is 4.44. The van der Waals surface area contributed by atoms with E-state index in [0.29, 0.717) is 0 Å². The Morgan fingerprint density at radius 1 is 1.11 bits per heavy atom. The van der Waals surface area contributed by atoms with Crippen LogP contribution < -0.4 is 5.32 Å². The number of hydrogen-bond acceptors (Lipinski definition) is 1. The molecule has 1 fully saturated rings. The molecule has 0 spiro atoms. The predicted octanol–water partition coefficient (Wildman–Crippen LogP) is 4.23. The Morgan fingerprint density at radius 3 is 2.61 bits per heavy atom. The van der Waals surface area contributed by atoms with Crippen LogP contribution in [-0.4, -0.2) is 13.1 Å². The molecule has 3 atom stereocenters. The van der Waals surface area contributed by atoms with Gasteiger partial charge in [0.1, 0.15) is 0 Å². The Morgan fingerprint density at radius 2 is 1.94 bits per heavy atom. The highest BCUT2D eigenvalue weighted by Gasteiger charge is 2.29. The van der Waals surface area contributed by atoms with Gasteiger partial charge in [-0.05, 0) is 56.5 Å². The van der Waals surface area contributed by atoms with Gasteiger partial charge in [0.15, 0.2) is 0 Å². The molecule has 1 heteroatoms. The van der Waals surface area contributed by atoms with Crippen LogP contribution in [0.4, 0.5) is 0 Å². The normalized spacial score (nSPS) is 27.9. The van der Waals surface area contributed by atoms with E-state index in [2.05, 4.69) is 25.1 Å². The van der Waals surface area contributed by atoms with Crippen molar-refractivity contribution in [1.82, 2.24) is 5.32 Å². The van der Waals surface area contributed by atoms with Gasteiger partial charge in [0.25, 0.3) is 0 Å². The van der Waals surface area contributed by atoms with E-state index >= 15 is 0 Å². The van der Waals surface area contributed by atoms with E-state index in [4.69, 9.17) is 6.42 Å². The van der Waals surface area contributed by atoms with Crippen LogP contribution in [0.15, 0.2) is 0 Å². The second-order valence-electron chi connectivity index (χ2n) is 5.93. The zero-order valence-corrected chi connectivity index (χ0v) is 12.4. The van der Waals surface area contributed by atoms with Crippen molar-refractivity contribution < 1.29 is 0 Å². The van der Waals surface area contributed by atoms with Crippen molar-refractivity contribution >= 4 is 0 Å². The Labute approximate surface area is 114 Å². The summed E-state index contributed by atoms with van der Waals surface area (Å²) in [5.41, 5.74) is 0. The molecule has 0 aromatic heterocycles. The molecular weight excluding hydrogens is 218 g/mol. The maximum atomic E-state index is 5.44. The second kappa shape index (κ2) is 9.45. The van der Waals surface area contributed by atoms with Crippen molar-refractivity contribution in [2.75, 3.05) is 13.1 Å². The summed E-state index contributed by atoms with van der Waals surface area (Å²) in [4.78, 5) is 0. The molecule has 104 valence electrons. The highest BCUT2D eigenvalue weighted by atomic mass is 14.9. The van der Waals surface area contributed by atoms with E-state index in [-0.39, 0.29) is 0 Å². The Balaban J connectivity index is 2.40. The third kappa shape index (κ3) is 5.44. The fourth-order valence-corrected chi connectivity index (χ4v) is 3.45. The van der Waals surface area contributed by atoms with Crippen LogP contribution in [0, 0.1) is 30.1 Å². The third-order valence-corrected chi connectivity index (χ3v) is 4.44. The van der Waals surface area contributed by atoms with Gasteiger partial charge in [0, 0.05) is 6.42 Å². The first-order valence-electron chi connectivity index (χ1n) is 7.95. The average molecular weight is 249 g/mol. The van der Waals surface area contributed by atoms with E-state index < -0.39 is 0 Å². The van der Waals surface area contributed by atoms with Gasteiger partial charge in [-0.3, -0.25) is 0 Å². The van der Waals surface area contributed by atoms with Crippen LogP contribution in [0.2, 0.25) is 0 Å². The minimum Gasteiger partial charge on any atom is -0.316 e. The van der Waals surface area contributed by atoms with E-state index in [1.807, 2.05) is 0 Å². The van der Waals surface area contributed by atoms with Gasteiger partial charge in [-0.15, -0.1) is 12.3 Å². The van der Waals surface area contributed by atoms with Gasteiger partial charge < -0.3 is 5.32 Å². The topological polar surface area (TPSA) is 12.0 Å². The zero-order chi connectivity index (χ0) is 13.2. The number of terminal acetylenes is 1. The second-order valence-corrected chi connectivity index (χ2v) is 5.93. The first-order chi connectivity index (χ1) is 8.81. The average Bonchev–Trinajstić information content (AvgIpc) is 2.39. The number of nitrogens with one attached hydrogen (secondary N) is 1. The lowest BCUT2D eigenvalue weighted by Gasteiger charge is -2.36. The monoisotopic (exact) mass is 249 g/mol. The van der Waals surface area contributed by atoms with Crippen LogP contribution in [0.3, 0.4) is 0 Å². The molecule has 0 saturated heterocycles. The largest absolute Gasteiger partial charge is 0.316 e. The summed E-state index contributed by atoms with van der Waals surface area (Å²) in [5, 5.41) is 3.61. The van der Waals surface area contributed by atoms with E-state index in [0.717, 1.165) is 30.7 Å². The Bertz CT molecular complexity index is 240. The Hall–Kier alpha value is -0.480. The number of rotatable bonds is 8. The van der Waals surface area contributed by atoms with Crippen molar-refractivity contribution in [1.29, 1.82) is 0 Å². The molecule has 0 bridgehead atoms. The molecule has 0 radical (unpaired) electrons. The van der Waals surface area contributed by atoms with E-state index in [9.17, 15) is 0 Å². The van der Waals surface area contributed by atoms with Crippen LogP contribution in [0.5, 0.6) is 0 Å². The summed E-state index contributed by atoms with van der Waals surface area (Å²) in [6.07, 6.45) is 15.9. The molecule has 1 N–H and O–H groups in total. The number of hydrogen-bond donors (Lipinski definition) is 1. The van der Waals surface area contributed by atoms with Gasteiger partial charge in [-0.1, -0.05) is 33.1 Å². The smallest absolute Gasteiger partial charge is 0.00888 e. The van der Waals surface area contributed by atoms with Crippen LogP contribution >= 0.6 is 0 Å². The standard InChI is InChI=1S/C17H31N/c1-4-7-9-16-13-15(8-5-2)10-11-17(16)14-18-12-6-3/h1,15-18H,5-14H2,2-3H3. The quantitative estimate of drug-likeness (QED) is 0.501. The van der Waals surface area contributed by atoms with Gasteiger partial charge in [-0.2, -0.15) is 0 Å². The van der Waals surface area contributed by atoms with Crippen molar-refractivity contribution in [3.05, 3.63) is 0 Å². The van der Waals surface area contributed by atoms with Crippen LogP contribution in [-0.2, 0) is 0 Å². The van der Waals surface area contributed by atoms with E-state index in [1.165, 1.54) is 51.5 Å². The first kappa shape index (κ1) is 15.6. The molecule has 0 amide bonds. The van der Waals surface area contributed by atoms with Crippen LogP contribution in [0.1, 0.15) is 65.2 Å². The maximum Gasteiger partial charge on any atom is 0.00888 e. The molecule has 0 aliphatic heterocycles. The molecule has 1 aliphatic rings. The SMILES string of the molecule is C#CCCC1CC(CCC)CCC1CNCCC. The highest BCUT2D eigenvalue weighted by molar-refractivity contribution is 4.88. The molecule has 0 aromatic rings. The summed E-state index contributed by atoms with van der Waals surface area (Å²) in [6.45, 7) is 6.92. The fourth-order valence-electron chi connectivity index (χ4n) is 3.45. The molecule has 0 heterocycles. The van der Waals surface area contributed by atoms with Crippen LogP contribution in [0.25, 0.3) is 0 Å². The van der Waals surface area contributed by atoms with Gasteiger partial charge >= 0.3 is 0 Å². The van der Waals surface area contributed by atoms with E-state index in [1.54, 1.807) is 0 Å². The van der Waals surface area contributed by atoms with Gasteiger partial charge in [-0.25, -0.2) is 0 Å². The molecular formula is C17H31N. The van der Waals surface area contributed by atoms with Gasteiger partial charge in [0.2, 0.25) is 0 Å². The van der Waals surface area contributed by atoms with Crippen molar-refractivity contribution in [3.8, 4) is 12.3 Å². The summed E-state index contributed by atoms with van der Waals surface area (Å²) in [5.74, 6) is 5.55. The summed E-state index contributed by atoms with van der Waals surface area (Å²) >= 11 is 0. The summed E-state index contributed by atoms with van der Waals surface area (Å²) in [6, 6.07) is 0. The first-order valence-corrected chi connectivity index (χ1v) is 7.95. The summed E-state index contributed by atoms with van der Waals surface area (Å²) < 4.78 is 0. The van der Waals surface area contributed by atoms with Gasteiger partial charge in [0.05, 0.1) is 0 Å². The predicted molar refractivity (Wildman–Crippen MR) is 80.5 cm³/mol. The van der Waals surface area contributed by atoms with Crippen molar-refractivity contribution in [3.63, 3.8) is 0 Å². The Kier molecular flexibility index (Phi) is 8.18. The minimum absolute atomic E-state index is 0.871. The summed E-state index contributed by atoms with van der Waals surface area (Å²) in [7, 11) is 0. The molecule has 1 saturated carbocycles. The van der Waals surface area contributed by atoms with Crippen molar-refractivity contribution in [2.45, 2.75) is 65.2 Å². The molecule has 18 heavy (non-hydrogen) atoms. The zero-order valence-electron chi connectivity index (χ0n) is 12.4. The molecule has 0 aromatic carbocycles. The minimum atomic E-state index is 0.871. The molecule has 1 nitrogen and oxygen atoms in total. The fraction of sp³-hybridized carbons (Fsp3) is 0.882. The molecule has 1 aliphatic carbocycles. The molecule has 1 rings (SSSR count). The highest BCUT2D eigenvalue weighted by Crippen LogP contribution is 2.38. The maximum absolute atomic E-state index is 5.44. The lowest BCUT2D eigenvalue weighted by molar-refractivity contribution is 0.161. The lowest BCUT2D eigenvalue weighted by atomic mass is 9.71.